The standard InChI is InChI=1S/C7H12N2O2/c1-5(7(10)11-2)6-8-3-4-9-6/h5H,3-4H2,1-2H3,(H,8,9). The summed E-state index contributed by atoms with van der Waals surface area (Å²) in [4.78, 5) is 15.1. The molecule has 0 saturated carbocycles. The minimum atomic E-state index is -0.248. The summed E-state index contributed by atoms with van der Waals surface area (Å²) in [7, 11) is 1.38. The summed E-state index contributed by atoms with van der Waals surface area (Å²) in [6.07, 6.45) is 0. The van der Waals surface area contributed by atoms with E-state index in [4.69, 9.17) is 0 Å². The first kappa shape index (κ1) is 8.04. The quantitative estimate of drug-likeness (QED) is 0.563. The molecule has 0 aliphatic carbocycles. The van der Waals surface area contributed by atoms with Gasteiger partial charge in [-0.15, -0.1) is 0 Å². The number of rotatable bonds is 2. The third kappa shape index (κ3) is 1.69. The monoisotopic (exact) mass is 156 g/mol. The molecule has 1 aliphatic rings. The number of ether oxygens (including phenoxy) is 1. The van der Waals surface area contributed by atoms with Crippen molar-refractivity contribution < 1.29 is 9.53 Å². The number of nitrogens with one attached hydrogen (secondary N) is 1. The van der Waals surface area contributed by atoms with Gasteiger partial charge in [0.05, 0.1) is 13.7 Å². The number of methoxy groups -OCH3 is 1. The summed E-state index contributed by atoms with van der Waals surface area (Å²) >= 11 is 0. The van der Waals surface area contributed by atoms with Gasteiger partial charge in [-0.3, -0.25) is 9.79 Å². The molecule has 0 aromatic carbocycles. The summed E-state index contributed by atoms with van der Waals surface area (Å²) in [6, 6.07) is 0. The largest absolute Gasteiger partial charge is 0.468 e. The van der Waals surface area contributed by atoms with Crippen molar-refractivity contribution in [2.75, 3.05) is 20.2 Å². The van der Waals surface area contributed by atoms with Gasteiger partial charge in [-0.25, -0.2) is 0 Å². The van der Waals surface area contributed by atoms with E-state index >= 15 is 0 Å². The number of carbonyl (C=O) groups excluding carboxylic acids is 1. The van der Waals surface area contributed by atoms with Crippen LogP contribution in [-0.4, -0.2) is 32.0 Å². The van der Waals surface area contributed by atoms with Gasteiger partial charge in [-0.1, -0.05) is 0 Å². The van der Waals surface area contributed by atoms with Crippen LogP contribution in [-0.2, 0) is 9.53 Å². The Balaban J connectivity index is 2.52. The first-order valence-electron chi connectivity index (χ1n) is 3.61. The van der Waals surface area contributed by atoms with E-state index in [-0.39, 0.29) is 11.9 Å². The van der Waals surface area contributed by atoms with E-state index in [1.165, 1.54) is 7.11 Å². The van der Waals surface area contributed by atoms with E-state index in [2.05, 4.69) is 15.0 Å². The van der Waals surface area contributed by atoms with Gasteiger partial charge in [0.2, 0.25) is 0 Å². The van der Waals surface area contributed by atoms with E-state index < -0.39 is 0 Å². The van der Waals surface area contributed by atoms with Crippen LogP contribution in [0.1, 0.15) is 6.92 Å². The van der Waals surface area contributed by atoms with Gasteiger partial charge >= 0.3 is 5.97 Å². The van der Waals surface area contributed by atoms with Gasteiger partial charge < -0.3 is 10.1 Å². The Morgan fingerprint density at radius 1 is 1.82 bits per heavy atom. The zero-order chi connectivity index (χ0) is 8.27. The van der Waals surface area contributed by atoms with Crippen molar-refractivity contribution in [3.8, 4) is 0 Å². The molecule has 0 saturated heterocycles. The average Bonchev–Trinajstić information content (AvgIpc) is 2.53. The second-order valence-corrected chi connectivity index (χ2v) is 2.44. The maximum Gasteiger partial charge on any atom is 0.316 e. The van der Waals surface area contributed by atoms with Gasteiger partial charge in [0.1, 0.15) is 11.8 Å². The molecule has 1 rings (SSSR count). The molecule has 0 spiro atoms. The lowest BCUT2D eigenvalue weighted by Gasteiger charge is -2.08. The number of esters is 1. The molecule has 62 valence electrons. The van der Waals surface area contributed by atoms with Crippen molar-refractivity contribution >= 4 is 11.8 Å². The topological polar surface area (TPSA) is 50.7 Å². The van der Waals surface area contributed by atoms with Crippen molar-refractivity contribution in [1.82, 2.24) is 5.32 Å². The van der Waals surface area contributed by atoms with Crippen LogP contribution in [0.15, 0.2) is 4.99 Å². The van der Waals surface area contributed by atoms with Crippen LogP contribution < -0.4 is 5.32 Å². The van der Waals surface area contributed by atoms with Crippen LogP contribution in [0, 0.1) is 5.92 Å². The zero-order valence-corrected chi connectivity index (χ0v) is 6.76. The minimum Gasteiger partial charge on any atom is -0.468 e. The third-order valence-electron chi connectivity index (χ3n) is 1.66. The lowest BCUT2D eigenvalue weighted by atomic mass is 10.1. The number of carbonyl (C=O) groups is 1. The van der Waals surface area contributed by atoms with Crippen molar-refractivity contribution in [2.24, 2.45) is 10.9 Å². The van der Waals surface area contributed by atoms with Gasteiger partial charge in [0.15, 0.2) is 0 Å². The highest BCUT2D eigenvalue weighted by atomic mass is 16.5. The molecule has 1 aliphatic heterocycles. The second kappa shape index (κ2) is 3.37. The van der Waals surface area contributed by atoms with E-state index in [1.807, 2.05) is 0 Å². The van der Waals surface area contributed by atoms with E-state index in [0.29, 0.717) is 0 Å². The Morgan fingerprint density at radius 2 is 2.55 bits per heavy atom. The highest BCUT2D eigenvalue weighted by Crippen LogP contribution is 2.02. The molecule has 0 amide bonds. The molecule has 11 heavy (non-hydrogen) atoms. The maximum absolute atomic E-state index is 11.0. The minimum absolute atomic E-state index is 0.238. The predicted molar refractivity (Wildman–Crippen MR) is 41.5 cm³/mol. The molecule has 1 N–H and O–H groups in total. The zero-order valence-electron chi connectivity index (χ0n) is 6.76. The summed E-state index contributed by atoms with van der Waals surface area (Å²) in [5.41, 5.74) is 0. The van der Waals surface area contributed by atoms with Crippen molar-refractivity contribution in [3.63, 3.8) is 0 Å². The molecule has 4 nitrogen and oxygen atoms in total. The number of hydrogen-bond acceptors (Lipinski definition) is 4. The summed E-state index contributed by atoms with van der Waals surface area (Å²) in [6.45, 7) is 3.37. The van der Waals surface area contributed by atoms with Crippen LogP contribution in [0.25, 0.3) is 0 Å². The maximum atomic E-state index is 11.0. The molecule has 1 unspecified atom stereocenters. The molecule has 0 radical (unpaired) electrons. The van der Waals surface area contributed by atoms with Crippen LogP contribution in [0.5, 0.6) is 0 Å². The highest BCUT2D eigenvalue weighted by molar-refractivity contribution is 6.01. The number of nitrogens with zero attached hydrogens (tertiary/aromatic N) is 1. The van der Waals surface area contributed by atoms with Crippen molar-refractivity contribution in [2.45, 2.75) is 6.92 Å². The summed E-state index contributed by atoms with van der Waals surface area (Å²) in [5, 5.41) is 3.02. The van der Waals surface area contributed by atoms with E-state index in [9.17, 15) is 4.79 Å². The summed E-state index contributed by atoms with van der Waals surface area (Å²) in [5.74, 6) is 0.262. The molecule has 1 heterocycles. The van der Waals surface area contributed by atoms with Crippen LogP contribution in [0.3, 0.4) is 0 Å². The molecule has 0 aromatic heterocycles. The molecule has 4 heteroatoms. The lowest BCUT2D eigenvalue weighted by Crippen LogP contribution is -2.31. The van der Waals surface area contributed by atoms with E-state index in [0.717, 1.165) is 18.9 Å². The Labute approximate surface area is 65.6 Å². The average molecular weight is 156 g/mol. The lowest BCUT2D eigenvalue weighted by molar-refractivity contribution is -0.142. The van der Waals surface area contributed by atoms with Crippen molar-refractivity contribution in [1.29, 1.82) is 0 Å². The van der Waals surface area contributed by atoms with Crippen LogP contribution in [0.4, 0.5) is 0 Å². The van der Waals surface area contributed by atoms with E-state index in [1.54, 1.807) is 6.92 Å². The van der Waals surface area contributed by atoms with Crippen molar-refractivity contribution in [3.05, 3.63) is 0 Å². The number of amidine groups is 1. The van der Waals surface area contributed by atoms with Gasteiger partial charge in [-0.05, 0) is 6.92 Å². The fourth-order valence-electron chi connectivity index (χ4n) is 0.995. The molecular weight excluding hydrogens is 144 g/mol. The molecule has 1 atom stereocenters. The number of aliphatic imine (C=N–C) groups is 1. The van der Waals surface area contributed by atoms with Gasteiger partial charge in [0, 0.05) is 6.54 Å². The molecule has 0 bridgehead atoms. The fraction of sp³-hybridized carbons (Fsp3) is 0.714. The van der Waals surface area contributed by atoms with Gasteiger partial charge in [0.25, 0.3) is 0 Å². The van der Waals surface area contributed by atoms with Gasteiger partial charge in [-0.2, -0.15) is 0 Å². The Hall–Kier alpha value is -1.06. The number of hydrogen-bond donors (Lipinski definition) is 1. The summed E-state index contributed by atoms with van der Waals surface area (Å²) < 4.78 is 4.56. The fourth-order valence-corrected chi connectivity index (χ4v) is 0.995. The highest BCUT2D eigenvalue weighted by Gasteiger charge is 2.21. The normalized spacial score (nSPS) is 18.5. The van der Waals surface area contributed by atoms with Crippen LogP contribution >= 0.6 is 0 Å². The smallest absolute Gasteiger partial charge is 0.316 e. The predicted octanol–water partition coefficient (Wildman–Crippen LogP) is -0.203. The first-order chi connectivity index (χ1) is 5.25. The molecule has 0 fully saturated rings. The second-order valence-electron chi connectivity index (χ2n) is 2.44. The SMILES string of the molecule is COC(=O)C(C)C1=NCCN1. The third-order valence-corrected chi connectivity index (χ3v) is 1.66. The molecular formula is C7H12N2O2. The van der Waals surface area contributed by atoms with Crippen LogP contribution in [0.2, 0.25) is 0 Å². The Morgan fingerprint density at radius 3 is 3.00 bits per heavy atom. The first-order valence-corrected chi connectivity index (χ1v) is 3.61. The Bertz CT molecular complexity index is 189. The Kier molecular flexibility index (Phi) is 2.46. The molecule has 0 aromatic rings.